The molecule has 0 aliphatic heterocycles. The largest absolute Gasteiger partial charge is 0.465 e. The number of carbonyl (C=O) groups excluding carboxylic acids is 2. The Morgan fingerprint density at radius 3 is 2.81 bits per heavy atom. The summed E-state index contributed by atoms with van der Waals surface area (Å²) in [5.74, 6) is 0.0887. The normalized spacial score (nSPS) is 10.9. The molecule has 1 N–H and O–H groups in total. The molecule has 0 unspecified atom stereocenters. The number of carbonyl (C=O) groups is 2. The summed E-state index contributed by atoms with van der Waals surface area (Å²) in [5.41, 5.74) is 1.50. The number of anilines is 1. The number of aromatic nitrogens is 1. The summed E-state index contributed by atoms with van der Waals surface area (Å²) in [6.45, 7) is 4.21. The maximum atomic E-state index is 12.7. The van der Waals surface area contributed by atoms with Crippen LogP contribution < -0.4 is 10.2 Å². The van der Waals surface area contributed by atoms with E-state index in [9.17, 15) is 9.59 Å². The first kappa shape index (κ1) is 22.8. The van der Waals surface area contributed by atoms with Gasteiger partial charge in [0.25, 0.3) is 0 Å². The van der Waals surface area contributed by atoms with Gasteiger partial charge in [-0.15, -0.1) is 17.9 Å². The minimum absolute atomic E-state index is 0.121. The highest BCUT2D eigenvalue weighted by Crippen LogP contribution is 2.31. The minimum atomic E-state index is -0.310. The van der Waals surface area contributed by atoms with E-state index in [2.05, 4.69) is 16.9 Å². The molecule has 3 rings (SSSR count). The zero-order chi connectivity index (χ0) is 22.2. The summed E-state index contributed by atoms with van der Waals surface area (Å²) in [7, 11) is 0. The van der Waals surface area contributed by atoms with Crippen LogP contribution in [-0.2, 0) is 9.59 Å². The van der Waals surface area contributed by atoms with E-state index in [1.807, 2.05) is 11.4 Å². The van der Waals surface area contributed by atoms with E-state index in [0.29, 0.717) is 33.2 Å². The van der Waals surface area contributed by atoms with Crippen LogP contribution in [0.1, 0.15) is 12.2 Å². The smallest absolute Gasteiger partial charge is 0.244 e. The minimum Gasteiger partial charge on any atom is -0.465 e. The van der Waals surface area contributed by atoms with E-state index in [4.69, 9.17) is 27.6 Å². The van der Waals surface area contributed by atoms with E-state index >= 15 is 0 Å². The molecular weight excluding hydrogens is 457 g/mol. The van der Waals surface area contributed by atoms with Gasteiger partial charge < -0.3 is 9.73 Å². The number of hydrogen-bond donors (Lipinski definition) is 1. The van der Waals surface area contributed by atoms with Crippen molar-refractivity contribution in [1.82, 2.24) is 10.3 Å². The molecule has 6 nitrogen and oxygen atoms in total. The Kier molecular flexibility index (Phi) is 8.06. The van der Waals surface area contributed by atoms with Gasteiger partial charge in [-0.05, 0) is 30.3 Å². The maximum absolute atomic E-state index is 12.7. The van der Waals surface area contributed by atoms with E-state index in [1.54, 1.807) is 36.4 Å². The van der Waals surface area contributed by atoms with Crippen molar-refractivity contribution in [3.8, 4) is 11.3 Å². The molecule has 2 aromatic heterocycles. The Balaban J connectivity index is 1.60. The molecule has 1 aromatic carbocycles. The van der Waals surface area contributed by atoms with Crippen molar-refractivity contribution < 1.29 is 14.0 Å². The summed E-state index contributed by atoms with van der Waals surface area (Å²) >= 11 is 13.4. The van der Waals surface area contributed by atoms with Crippen LogP contribution in [0.2, 0.25) is 10.0 Å². The van der Waals surface area contributed by atoms with Gasteiger partial charge in [-0.1, -0.05) is 35.3 Å². The van der Waals surface area contributed by atoms with Crippen LogP contribution in [-0.4, -0.2) is 29.9 Å². The first-order chi connectivity index (χ1) is 15.0. The van der Waals surface area contributed by atoms with Crippen molar-refractivity contribution in [3.63, 3.8) is 0 Å². The van der Waals surface area contributed by atoms with E-state index in [1.165, 1.54) is 28.6 Å². The lowest BCUT2D eigenvalue weighted by Crippen LogP contribution is -2.34. The van der Waals surface area contributed by atoms with E-state index in [-0.39, 0.29) is 24.8 Å². The van der Waals surface area contributed by atoms with Crippen molar-refractivity contribution in [2.24, 2.45) is 0 Å². The molecule has 31 heavy (non-hydrogen) atoms. The number of rotatable bonds is 9. The summed E-state index contributed by atoms with van der Waals surface area (Å²) < 4.78 is 5.12. The summed E-state index contributed by atoms with van der Waals surface area (Å²) in [6, 6.07) is 8.72. The molecule has 2 amide bonds. The van der Waals surface area contributed by atoms with Gasteiger partial charge in [0.2, 0.25) is 11.8 Å². The highest BCUT2D eigenvalue weighted by molar-refractivity contribution is 7.14. The average molecular weight is 476 g/mol. The van der Waals surface area contributed by atoms with Gasteiger partial charge in [0.1, 0.15) is 5.76 Å². The monoisotopic (exact) mass is 475 g/mol. The molecule has 3 aromatic rings. The topological polar surface area (TPSA) is 75.4 Å². The number of nitrogens with one attached hydrogen (secondary N) is 1. The lowest BCUT2D eigenvalue weighted by molar-refractivity contribution is -0.119. The fourth-order valence-corrected chi connectivity index (χ4v) is 3.78. The number of amides is 2. The Hall–Kier alpha value is -2.87. The zero-order valence-electron chi connectivity index (χ0n) is 16.4. The van der Waals surface area contributed by atoms with Crippen LogP contribution in [0.5, 0.6) is 0 Å². The Morgan fingerprint density at radius 1 is 1.26 bits per heavy atom. The number of hydrogen-bond acceptors (Lipinski definition) is 5. The highest BCUT2D eigenvalue weighted by Gasteiger charge is 2.18. The highest BCUT2D eigenvalue weighted by atomic mass is 35.5. The fourth-order valence-electron chi connectivity index (χ4n) is 2.62. The molecule has 0 saturated heterocycles. The van der Waals surface area contributed by atoms with Gasteiger partial charge in [-0.3, -0.25) is 14.5 Å². The third-order valence-corrected chi connectivity index (χ3v) is 5.73. The third-order valence-electron chi connectivity index (χ3n) is 4.13. The Bertz CT molecular complexity index is 1090. The van der Waals surface area contributed by atoms with Crippen molar-refractivity contribution in [3.05, 3.63) is 76.5 Å². The number of benzene rings is 1. The van der Waals surface area contributed by atoms with Gasteiger partial charge in [-0.2, -0.15) is 0 Å². The second-order valence-electron chi connectivity index (χ2n) is 6.33. The third kappa shape index (κ3) is 6.30. The maximum Gasteiger partial charge on any atom is 0.244 e. The predicted octanol–water partition coefficient (Wildman–Crippen LogP) is 5.45. The van der Waals surface area contributed by atoms with Crippen LogP contribution in [0, 0.1) is 0 Å². The summed E-state index contributed by atoms with van der Waals surface area (Å²) in [4.78, 5) is 30.7. The number of furan rings is 1. The molecule has 0 radical (unpaired) electrons. The first-order valence-electron chi connectivity index (χ1n) is 9.29. The van der Waals surface area contributed by atoms with E-state index < -0.39 is 0 Å². The van der Waals surface area contributed by atoms with Crippen LogP contribution in [0.25, 0.3) is 17.3 Å². The van der Waals surface area contributed by atoms with Crippen molar-refractivity contribution in [1.29, 1.82) is 0 Å². The summed E-state index contributed by atoms with van der Waals surface area (Å²) in [6.07, 6.45) is 6.19. The molecule has 0 aliphatic rings. The number of thiazole rings is 1. The van der Waals surface area contributed by atoms with Crippen molar-refractivity contribution in [2.75, 3.05) is 18.0 Å². The van der Waals surface area contributed by atoms with E-state index in [0.717, 1.165) is 5.56 Å². The van der Waals surface area contributed by atoms with Gasteiger partial charge in [0, 0.05) is 36.5 Å². The lowest BCUT2D eigenvalue weighted by atomic mass is 10.2. The van der Waals surface area contributed by atoms with Crippen LogP contribution in [0.4, 0.5) is 5.13 Å². The molecule has 160 valence electrons. The van der Waals surface area contributed by atoms with Gasteiger partial charge >= 0.3 is 0 Å². The van der Waals surface area contributed by atoms with Crippen LogP contribution in [0.3, 0.4) is 0 Å². The second-order valence-corrected chi connectivity index (χ2v) is 7.98. The predicted molar refractivity (Wildman–Crippen MR) is 125 cm³/mol. The zero-order valence-corrected chi connectivity index (χ0v) is 18.7. The molecular formula is C22H19Cl2N3O3S. The lowest BCUT2D eigenvalue weighted by Gasteiger charge is -2.18. The molecule has 9 heteroatoms. The Morgan fingerprint density at radius 2 is 2.10 bits per heavy atom. The second kappa shape index (κ2) is 10.9. The summed E-state index contributed by atoms with van der Waals surface area (Å²) in [5, 5.41) is 5.96. The SMILES string of the molecule is C=CCN(C(=O)CCNC(=O)/C=C/c1ccco1)c1nc(-c2ccc(Cl)c(Cl)c2)cs1. The molecule has 0 fully saturated rings. The molecule has 0 spiro atoms. The Labute approximate surface area is 193 Å². The first-order valence-corrected chi connectivity index (χ1v) is 10.9. The molecule has 0 atom stereocenters. The van der Waals surface area contributed by atoms with Gasteiger partial charge in [0.15, 0.2) is 5.13 Å². The van der Waals surface area contributed by atoms with Crippen molar-refractivity contribution >= 4 is 57.6 Å². The molecule has 0 aliphatic carbocycles. The van der Waals surface area contributed by atoms with Crippen LogP contribution >= 0.6 is 34.5 Å². The standard InChI is InChI=1S/C22H19Cl2N3O3S/c1-2-11-27(21(29)9-10-25-20(28)8-6-16-4-3-12-30-16)22-26-19(14-31-22)15-5-7-17(23)18(24)13-15/h2-8,12-14H,1,9-11H2,(H,25,28)/b8-6+. The van der Waals surface area contributed by atoms with Crippen LogP contribution in [0.15, 0.2) is 65.1 Å². The number of nitrogens with zero attached hydrogens (tertiary/aromatic N) is 2. The number of halogens is 2. The quantitative estimate of drug-likeness (QED) is 0.329. The fraction of sp³-hybridized carbons (Fsp3) is 0.136. The van der Waals surface area contributed by atoms with Crippen molar-refractivity contribution in [2.45, 2.75) is 6.42 Å². The molecule has 0 saturated carbocycles. The average Bonchev–Trinajstić information content (AvgIpc) is 3.44. The van der Waals surface area contributed by atoms with Gasteiger partial charge in [0.05, 0.1) is 22.0 Å². The molecule has 2 heterocycles. The van der Waals surface area contributed by atoms with Gasteiger partial charge in [-0.25, -0.2) is 4.98 Å². The molecule has 0 bridgehead atoms.